The van der Waals surface area contributed by atoms with Crippen LogP contribution >= 0.6 is 8.58 Å². The summed E-state index contributed by atoms with van der Waals surface area (Å²) in [4.78, 5) is 12.5. The molecule has 4 heteroatoms. The number of hydrogen-bond acceptors (Lipinski definition) is 3. The van der Waals surface area contributed by atoms with Gasteiger partial charge >= 0.3 is 0 Å². The fourth-order valence-corrected chi connectivity index (χ4v) is 6.28. The molecular formula is C31H47O3P. The van der Waals surface area contributed by atoms with E-state index in [1.807, 2.05) is 12.1 Å². The number of carbonyl (C=O) groups excluding carboxylic acids is 1. The molecule has 0 aromatic heterocycles. The van der Waals surface area contributed by atoms with Gasteiger partial charge in [-0.05, 0) is 35.0 Å². The van der Waals surface area contributed by atoms with E-state index in [0.717, 1.165) is 29.5 Å². The first-order chi connectivity index (χ1) is 16.2. The van der Waals surface area contributed by atoms with Crippen molar-refractivity contribution < 1.29 is 14.3 Å². The van der Waals surface area contributed by atoms with Crippen LogP contribution in [0.5, 0.6) is 5.75 Å². The van der Waals surface area contributed by atoms with Crippen LogP contribution in [0.2, 0.25) is 0 Å². The third-order valence-electron chi connectivity index (χ3n) is 6.68. The highest BCUT2D eigenvalue weighted by atomic mass is 31.1. The summed E-state index contributed by atoms with van der Waals surface area (Å²) in [5, 5.41) is 0.959. The molecule has 2 rings (SSSR count). The van der Waals surface area contributed by atoms with Crippen LogP contribution in [0.15, 0.2) is 36.4 Å². The number of benzene rings is 2. The Hall–Kier alpha value is -1.70. The zero-order valence-electron chi connectivity index (χ0n) is 23.7. The van der Waals surface area contributed by atoms with Gasteiger partial charge in [-0.15, -0.1) is 0 Å². The number of hydrogen-bond donors (Lipinski definition) is 0. The minimum absolute atomic E-state index is 0.000727. The molecule has 0 aliphatic carbocycles. The summed E-state index contributed by atoms with van der Waals surface area (Å²) in [7, 11) is 2.12. The highest BCUT2D eigenvalue weighted by molar-refractivity contribution is 7.48. The quantitative estimate of drug-likeness (QED) is 0.135. The summed E-state index contributed by atoms with van der Waals surface area (Å²) in [6.45, 7) is 20.1. The fourth-order valence-electron chi connectivity index (χ4n) is 4.49. The average Bonchev–Trinajstić information content (AvgIpc) is 2.76. The molecule has 0 amide bonds. The Morgan fingerprint density at radius 3 is 2.09 bits per heavy atom. The Kier molecular flexibility index (Phi) is 10.1. The predicted molar refractivity (Wildman–Crippen MR) is 152 cm³/mol. The van der Waals surface area contributed by atoms with Crippen molar-refractivity contribution in [2.24, 2.45) is 0 Å². The van der Waals surface area contributed by atoms with Gasteiger partial charge in [-0.1, -0.05) is 120 Å². The maximum absolute atomic E-state index is 12.5. The average molecular weight is 499 g/mol. The highest BCUT2D eigenvalue weighted by Crippen LogP contribution is 2.52. The normalized spacial score (nSPS) is 14.3. The summed E-state index contributed by atoms with van der Waals surface area (Å²) in [5.74, 6) is 1.07. The minimum Gasteiger partial charge on any atom is -0.467 e. The van der Waals surface area contributed by atoms with Crippen molar-refractivity contribution >= 4 is 19.7 Å². The Bertz CT molecular complexity index is 997. The molecule has 0 N–H and O–H groups in total. The van der Waals surface area contributed by atoms with Gasteiger partial charge < -0.3 is 9.47 Å². The van der Waals surface area contributed by atoms with Crippen molar-refractivity contribution in [3.05, 3.63) is 58.7 Å². The molecule has 35 heavy (non-hydrogen) atoms. The second-order valence-corrected chi connectivity index (χ2v) is 13.9. The van der Waals surface area contributed by atoms with E-state index in [4.69, 9.17) is 9.47 Å². The van der Waals surface area contributed by atoms with E-state index in [1.54, 1.807) is 14.0 Å². The number of unbranched alkanes of at least 4 members (excludes halogenated alkanes) is 2. The van der Waals surface area contributed by atoms with Crippen LogP contribution in [0.1, 0.15) is 115 Å². The topological polar surface area (TPSA) is 35.5 Å². The molecule has 0 radical (unpaired) electrons. The molecule has 0 aliphatic heterocycles. The second-order valence-electron chi connectivity index (χ2n) is 12.0. The Labute approximate surface area is 216 Å². The number of ketones is 1. The number of carbonyl (C=O) groups is 1. The van der Waals surface area contributed by atoms with E-state index in [9.17, 15) is 4.79 Å². The molecule has 0 spiro atoms. The first kappa shape index (κ1) is 29.5. The lowest BCUT2D eigenvalue weighted by molar-refractivity contribution is 0.0486. The zero-order chi connectivity index (χ0) is 26.4. The van der Waals surface area contributed by atoms with Gasteiger partial charge in [0.15, 0.2) is 12.6 Å². The van der Waals surface area contributed by atoms with Crippen LogP contribution in [0.25, 0.3) is 0 Å². The molecule has 194 valence electrons. The van der Waals surface area contributed by atoms with Gasteiger partial charge in [0, 0.05) is 29.0 Å². The molecule has 2 aromatic carbocycles. The Morgan fingerprint density at radius 1 is 0.914 bits per heavy atom. The van der Waals surface area contributed by atoms with Gasteiger partial charge in [0.1, 0.15) is 5.75 Å². The van der Waals surface area contributed by atoms with Gasteiger partial charge in [-0.3, -0.25) is 4.79 Å². The first-order valence-electron chi connectivity index (χ1n) is 12.9. The zero-order valence-corrected chi connectivity index (χ0v) is 24.7. The summed E-state index contributed by atoms with van der Waals surface area (Å²) in [6.07, 6.45) is 4.53. The lowest BCUT2D eigenvalue weighted by Crippen LogP contribution is -2.27. The lowest BCUT2D eigenvalue weighted by Gasteiger charge is -2.37. The first-order valence-corrected chi connectivity index (χ1v) is 13.9. The summed E-state index contributed by atoms with van der Waals surface area (Å²) >= 11 is 0. The molecule has 0 bridgehead atoms. The fraction of sp³-hybridized carbons (Fsp3) is 0.581. The van der Waals surface area contributed by atoms with Crippen molar-refractivity contribution in [2.45, 2.75) is 104 Å². The summed E-state index contributed by atoms with van der Waals surface area (Å²) in [5.41, 5.74) is 4.50. The summed E-state index contributed by atoms with van der Waals surface area (Å²) in [6, 6.07) is 12.8. The van der Waals surface area contributed by atoms with Gasteiger partial charge in [0.25, 0.3) is 0 Å². The lowest BCUT2D eigenvalue weighted by atomic mass is 9.76. The third-order valence-corrected chi connectivity index (χ3v) is 8.45. The van der Waals surface area contributed by atoms with Crippen molar-refractivity contribution in [1.82, 2.24) is 0 Å². The number of Topliss-reactive ketones (excluding diaryl/α,β-unsaturated/α-hetero) is 1. The standard InChI is InChI=1S/C31H47O3P/c1-11-12-15-18-31(9,35-27-17-14-13-16-24(27)22(2)32)26-20-23(29(3,4)5)19-25(30(6,7)8)28(26)34-21-33-10/h13-14,16-17,19-20,35H,11-12,15,18,21H2,1-10H3. The van der Waals surface area contributed by atoms with E-state index >= 15 is 0 Å². The SMILES string of the molecule is CCCCCC(C)(Pc1ccccc1C(C)=O)c1cc(C(C)(C)C)cc(C(C)(C)C)c1OCOC. The maximum Gasteiger partial charge on any atom is 0.188 e. The van der Waals surface area contributed by atoms with Gasteiger partial charge in [-0.25, -0.2) is 0 Å². The number of rotatable bonds is 11. The van der Waals surface area contributed by atoms with E-state index in [-0.39, 0.29) is 28.6 Å². The molecule has 0 heterocycles. The largest absolute Gasteiger partial charge is 0.467 e. The molecule has 2 atom stereocenters. The van der Waals surface area contributed by atoms with E-state index in [2.05, 4.69) is 79.7 Å². The van der Waals surface area contributed by atoms with Gasteiger partial charge in [-0.2, -0.15) is 0 Å². The van der Waals surface area contributed by atoms with Crippen molar-refractivity contribution in [3.8, 4) is 5.75 Å². The molecule has 2 unspecified atom stereocenters. The monoisotopic (exact) mass is 498 g/mol. The van der Waals surface area contributed by atoms with E-state index < -0.39 is 0 Å². The molecule has 3 nitrogen and oxygen atoms in total. The van der Waals surface area contributed by atoms with Gasteiger partial charge in [0.05, 0.1) is 0 Å². The Balaban J connectivity index is 2.85. The molecule has 0 saturated carbocycles. The van der Waals surface area contributed by atoms with E-state index in [1.165, 1.54) is 29.5 Å². The Morgan fingerprint density at radius 2 is 1.54 bits per heavy atom. The van der Waals surface area contributed by atoms with Crippen molar-refractivity contribution in [2.75, 3.05) is 13.9 Å². The van der Waals surface area contributed by atoms with Gasteiger partial charge in [0.2, 0.25) is 0 Å². The highest BCUT2D eigenvalue weighted by Gasteiger charge is 2.36. The van der Waals surface area contributed by atoms with Crippen LogP contribution in [-0.4, -0.2) is 19.7 Å². The molecule has 2 aromatic rings. The van der Waals surface area contributed by atoms with Crippen LogP contribution in [0.3, 0.4) is 0 Å². The van der Waals surface area contributed by atoms with E-state index in [0.29, 0.717) is 8.58 Å². The van der Waals surface area contributed by atoms with Crippen molar-refractivity contribution in [3.63, 3.8) is 0 Å². The second kappa shape index (κ2) is 12.0. The van der Waals surface area contributed by atoms with Crippen LogP contribution in [0, 0.1) is 0 Å². The smallest absolute Gasteiger partial charge is 0.188 e. The van der Waals surface area contributed by atoms with Crippen LogP contribution < -0.4 is 10.0 Å². The van der Waals surface area contributed by atoms with Crippen LogP contribution in [-0.2, 0) is 20.7 Å². The minimum atomic E-state index is -0.176. The molecule has 0 aliphatic rings. The number of ether oxygens (including phenoxy) is 2. The van der Waals surface area contributed by atoms with Crippen molar-refractivity contribution in [1.29, 1.82) is 0 Å². The summed E-state index contributed by atoms with van der Waals surface area (Å²) < 4.78 is 11.8. The molecular weight excluding hydrogens is 451 g/mol. The molecule has 0 saturated heterocycles. The maximum atomic E-state index is 12.5. The third kappa shape index (κ3) is 7.64. The molecule has 0 fully saturated rings. The number of methoxy groups -OCH3 is 1. The van der Waals surface area contributed by atoms with Crippen LogP contribution in [0.4, 0.5) is 0 Å². The predicted octanol–water partition coefficient (Wildman–Crippen LogP) is 8.27.